The number of halogens is 5. The zero-order valence-corrected chi connectivity index (χ0v) is 17.4. The second kappa shape index (κ2) is 10.4. The van der Waals surface area contributed by atoms with Crippen molar-refractivity contribution in [1.82, 2.24) is 24.7 Å². The predicted octanol–water partition coefficient (Wildman–Crippen LogP) is 3.15. The average Bonchev–Trinajstić information content (AvgIpc) is 3.24. The van der Waals surface area contributed by atoms with E-state index >= 15 is 0 Å². The molecular weight excluding hydrogens is 457 g/mol. The molecule has 0 amide bonds. The van der Waals surface area contributed by atoms with Crippen molar-refractivity contribution in [2.45, 2.75) is 24.8 Å². The van der Waals surface area contributed by atoms with Gasteiger partial charge < -0.3 is 14.4 Å². The molecule has 0 aliphatic carbocycles. The summed E-state index contributed by atoms with van der Waals surface area (Å²) >= 11 is -3.09. The van der Waals surface area contributed by atoms with Crippen LogP contribution in [0.15, 0.2) is 24.7 Å². The van der Waals surface area contributed by atoms with Crippen LogP contribution in [0.5, 0.6) is 0 Å². The number of hydrogen-bond acceptors (Lipinski definition) is 7. The number of aromatic amines is 1. The van der Waals surface area contributed by atoms with Crippen molar-refractivity contribution in [3.63, 3.8) is 0 Å². The van der Waals surface area contributed by atoms with Gasteiger partial charge in [-0.1, -0.05) is 0 Å². The second-order valence-electron chi connectivity index (χ2n) is 7.05. The van der Waals surface area contributed by atoms with E-state index in [1.165, 1.54) is 18.6 Å². The smallest absolute Gasteiger partial charge is 0.591 e. The van der Waals surface area contributed by atoms with Crippen LogP contribution in [-0.2, 0) is 11.4 Å². The van der Waals surface area contributed by atoms with Gasteiger partial charge in [-0.2, -0.15) is 0 Å². The van der Waals surface area contributed by atoms with Gasteiger partial charge in [0.1, 0.15) is 18.0 Å². The summed E-state index contributed by atoms with van der Waals surface area (Å²) in [6.07, 6.45) is 3.57. The number of H-pyrrole nitrogens is 1. The minimum absolute atomic E-state index is 0.0373. The molecule has 1 aliphatic heterocycles. The van der Waals surface area contributed by atoms with Crippen molar-refractivity contribution in [3.05, 3.63) is 30.5 Å². The molecule has 3 N–H and O–H groups in total. The van der Waals surface area contributed by atoms with E-state index in [9.17, 15) is 26.5 Å². The SMILES string of the molecule is N=C(/C=C\c1ncc(-c2cc(N3CCCC(CN[S+]([O-])C(F)(F)F)C3)ncn2)[nH]1)C(F)F. The largest absolute Gasteiger partial charge is 0.592 e. The van der Waals surface area contributed by atoms with E-state index in [1.54, 1.807) is 6.07 Å². The maximum Gasteiger partial charge on any atom is 0.592 e. The number of nitrogens with one attached hydrogen (secondary N) is 3. The Bertz CT molecular complexity index is 952. The number of aromatic nitrogens is 4. The molecule has 1 fully saturated rings. The minimum Gasteiger partial charge on any atom is -0.591 e. The van der Waals surface area contributed by atoms with E-state index in [0.717, 1.165) is 12.5 Å². The molecule has 3 heterocycles. The fourth-order valence-corrected chi connectivity index (χ4v) is 3.73. The average molecular weight is 477 g/mol. The van der Waals surface area contributed by atoms with Gasteiger partial charge in [0.05, 0.1) is 23.3 Å². The van der Waals surface area contributed by atoms with E-state index in [0.29, 0.717) is 36.7 Å². The summed E-state index contributed by atoms with van der Waals surface area (Å²) in [7, 11) is 0. The van der Waals surface area contributed by atoms with Crippen molar-refractivity contribution >= 4 is 29.0 Å². The summed E-state index contributed by atoms with van der Waals surface area (Å²) in [5, 5.41) is 7.12. The molecule has 2 unspecified atom stereocenters. The zero-order valence-electron chi connectivity index (χ0n) is 16.6. The Morgan fingerprint density at radius 1 is 1.38 bits per heavy atom. The molecule has 2 aromatic heterocycles. The lowest BCUT2D eigenvalue weighted by Gasteiger charge is -2.33. The first-order chi connectivity index (χ1) is 15.1. The van der Waals surface area contributed by atoms with Gasteiger partial charge in [0.2, 0.25) is 0 Å². The summed E-state index contributed by atoms with van der Waals surface area (Å²) in [5.74, 6) is 0.706. The van der Waals surface area contributed by atoms with Gasteiger partial charge in [-0.05, 0) is 30.9 Å². The van der Waals surface area contributed by atoms with Crippen LogP contribution in [0.4, 0.5) is 27.8 Å². The van der Waals surface area contributed by atoms with Crippen LogP contribution >= 0.6 is 0 Å². The van der Waals surface area contributed by atoms with Crippen LogP contribution in [-0.4, -0.2) is 61.8 Å². The predicted molar refractivity (Wildman–Crippen MR) is 110 cm³/mol. The summed E-state index contributed by atoms with van der Waals surface area (Å²) in [6.45, 7) is 1.05. The van der Waals surface area contributed by atoms with Crippen LogP contribution in [0.25, 0.3) is 17.5 Å². The Morgan fingerprint density at radius 2 is 2.16 bits per heavy atom. The van der Waals surface area contributed by atoms with Crippen LogP contribution in [0.2, 0.25) is 0 Å². The lowest BCUT2D eigenvalue weighted by molar-refractivity contribution is -0.0448. The highest BCUT2D eigenvalue weighted by molar-refractivity contribution is 7.90. The maximum absolute atomic E-state index is 12.4. The monoisotopic (exact) mass is 477 g/mol. The van der Waals surface area contributed by atoms with Gasteiger partial charge in [0.25, 0.3) is 6.43 Å². The molecule has 0 radical (unpaired) electrons. The molecule has 0 spiro atoms. The minimum atomic E-state index is -4.80. The number of nitrogens with zero attached hydrogens (tertiary/aromatic N) is 4. The Balaban J connectivity index is 1.65. The van der Waals surface area contributed by atoms with Crippen molar-refractivity contribution < 1.29 is 26.5 Å². The number of anilines is 1. The highest BCUT2D eigenvalue weighted by Gasteiger charge is 2.45. The van der Waals surface area contributed by atoms with E-state index in [4.69, 9.17) is 5.41 Å². The van der Waals surface area contributed by atoms with Crippen LogP contribution in [0, 0.1) is 11.3 Å². The molecule has 0 saturated carbocycles. The van der Waals surface area contributed by atoms with E-state index in [2.05, 4.69) is 19.9 Å². The number of imidazole rings is 1. The highest BCUT2D eigenvalue weighted by atomic mass is 32.2. The second-order valence-corrected chi connectivity index (χ2v) is 8.34. The Kier molecular flexibility index (Phi) is 7.79. The first-order valence-corrected chi connectivity index (χ1v) is 10.7. The fraction of sp³-hybridized carbons (Fsp3) is 0.444. The highest BCUT2D eigenvalue weighted by Crippen LogP contribution is 2.26. The first-order valence-electron chi connectivity index (χ1n) is 9.52. The lowest BCUT2D eigenvalue weighted by atomic mass is 9.98. The third-order valence-electron chi connectivity index (χ3n) is 4.74. The normalized spacial score (nSPS) is 18.5. The molecule has 2 aromatic rings. The topological polar surface area (TPSA) is 117 Å². The quantitative estimate of drug-likeness (QED) is 0.306. The van der Waals surface area contributed by atoms with Gasteiger partial charge in [-0.25, -0.2) is 23.7 Å². The third kappa shape index (κ3) is 6.46. The third-order valence-corrected chi connectivity index (χ3v) is 5.59. The Labute approximate surface area is 183 Å². The lowest BCUT2D eigenvalue weighted by Crippen LogP contribution is -2.44. The van der Waals surface area contributed by atoms with E-state index in [1.807, 2.05) is 9.62 Å². The molecule has 174 valence electrons. The van der Waals surface area contributed by atoms with Crippen molar-refractivity contribution in [3.8, 4) is 11.4 Å². The summed E-state index contributed by atoms with van der Waals surface area (Å²) in [4.78, 5) is 17.3. The van der Waals surface area contributed by atoms with Crippen molar-refractivity contribution in [1.29, 1.82) is 5.41 Å². The molecular formula is C18H20F5N7OS. The number of allylic oxidation sites excluding steroid dienone is 1. The number of alkyl halides is 5. The van der Waals surface area contributed by atoms with E-state index < -0.39 is 29.0 Å². The fourth-order valence-electron chi connectivity index (χ4n) is 3.18. The van der Waals surface area contributed by atoms with Crippen LogP contribution < -0.4 is 9.62 Å². The van der Waals surface area contributed by atoms with E-state index in [-0.39, 0.29) is 18.3 Å². The number of hydrogen-bond donors (Lipinski definition) is 3. The number of rotatable bonds is 8. The van der Waals surface area contributed by atoms with Crippen molar-refractivity contribution in [2.24, 2.45) is 5.92 Å². The van der Waals surface area contributed by atoms with Crippen LogP contribution in [0.1, 0.15) is 18.7 Å². The first kappa shape index (κ1) is 24.1. The molecule has 3 rings (SSSR count). The van der Waals surface area contributed by atoms with Gasteiger partial charge in [-0.15, -0.1) is 17.9 Å². The maximum atomic E-state index is 12.4. The van der Waals surface area contributed by atoms with Gasteiger partial charge >= 0.3 is 5.51 Å². The van der Waals surface area contributed by atoms with Gasteiger partial charge in [-0.3, -0.25) is 5.41 Å². The molecule has 8 nitrogen and oxygen atoms in total. The molecule has 1 saturated heterocycles. The van der Waals surface area contributed by atoms with Crippen molar-refractivity contribution in [2.75, 3.05) is 24.5 Å². The molecule has 2 atom stereocenters. The Morgan fingerprint density at radius 3 is 2.88 bits per heavy atom. The van der Waals surface area contributed by atoms with Gasteiger partial charge in [0, 0.05) is 25.7 Å². The van der Waals surface area contributed by atoms with Crippen LogP contribution in [0.3, 0.4) is 0 Å². The summed E-state index contributed by atoms with van der Waals surface area (Å²) in [6, 6.07) is 1.69. The summed E-state index contributed by atoms with van der Waals surface area (Å²) in [5.41, 5.74) is -4.63. The molecule has 0 aromatic carbocycles. The Hall–Kier alpha value is -2.58. The van der Waals surface area contributed by atoms with Gasteiger partial charge in [0.15, 0.2) is 11.4 Å². The molecule has 14 heteroatoms. The number of piperidine rings is 1. The molecule has 1 aliphatic rings. The zero-order chi connectivity index (χ0) is 23.3. The molecule has 32 heavy (non-hydrogen) atoms. The molecule has 0 bridgehead atoms. The summed E-state index contributed by atoms with van der Waals surface area (Å²) < 4.78 is 75.3. The standard InChI is InChI=1S/C18H20F5N7OS/c19-17(20)12(24)3-4-15-25-8-14(29-15)13-6-16(27-10-26-13)30-5-1-2-11(9-30)7-28-32(31)18(21,22)23/h3-4,6,8,10-11,17,24,28H,1-2,5,7,9H2,(H,25,29)/b4-3-,24-12?.